The number of halogens is 1. The Kier molecular flexibility index (Phi) is 4.08. The van der Waals surface area contributed by atoms with Crippen molar-refractivity contribution >= 4 is 28.8 Å². The molecule has 2 rings (SSSR count). The molecule has 0 unspecified atom stereocenters. The molecule has 0 aliphatic carbocycles. The van der Waals surface area contributed by atoms with Gasteiger partial charge < -0.3 is 10.5 Å². The summed E-state index contributed by atoms with van der Waals surface area (Å²) in [6.45, 7) is 4.06. The molecule has 0 amide bonds. The highest BCUT2D eigenvalue weighted by molar-refractivity contribution is 7.80. The average molecular weight is 292 g/mol. The zero-order chi connectivity index (χ0) is 14.0. The molecule has 19 heavy (non-hydrogen) atoms. The number of rotatable bonds is 3. The predicted octanol–water partition coefficient (Wildman–Crippen LogP) is 4.38. The van der Waals surface area contributed by atoms with Crippen LogP contribution in [0.2, 0.25) is 5.02 Å². The summed E-state index contributed by atoms with van der Waals surface area (Å²) in [7, 11) is 0. The second-order valence-corrected chi connectivity index (χ2v) is 5.18. The van der Waals surface area contributed by atoms with Crippen molar-refractivity contribution in [3.63, 3.8) is 0 Å². The fourth-order valence-electron chi connectivity index (χ4n) is 1.74. The first-order valence-corrected chi connectivity index (χ1v) is 6.61. The van der Waals surface area contributed by atoms with Gasteiger partial charge in [-0.15, -0.1) is 0 Å². The van der Waals surface area contributed by atoms with Gasteiger partial charge in [0.05, 0.1) is 5.56 Å². The number of hydrogen-bond donors (Lipinski definition) is 1. The molecule has 2 N–H and O–H groups in total. The number of aryl methyl sites for hydroxylation is 1. The predicted molar refractivity (Wildman–Crippen MR) is 83.3 cm³/mol. The van der Waals surface area contributed by atoms with Crippen LogP contribution in [0.4, 0.5) is 0 Å². The third-order valence-electron chi connectivity index (χ3n) is 2.98. The van der Waals surface area contributed by atoms with Crippen LogP contribution in [0.25, 0.3) is 0 Å². The summed E-state index contributed by atoms with van der Waals surface area (Å²) in [5.74, 6) is 1.41. The molecule has 0 atom stereocenters. The van der Waals surface area contributed by atoms with Crippen LogP contribution >= 0.6 is 23.8 Å². The van der Waals surface area contributed by atoms with Crippen molar-refractivity contribution in [1.82, 2.24) is 0 Å². The molecule has 0 heterocycles. The van der Waals surface area contributed by atoms with Crippen LogP contribution in [0.3, 0.4) is 0 Å². The molecule has 2 nitrogen and oxygen atoms in total. The summed E-state index contributed by atoms with van der Waals surface area (Å²) in [4.78, 5) is 0.266. The van der Waals surface area contributed by atoms with Crippen molar-refractivity contribution in [2.24, 2.45) is 5.73 Å². The molecule has 0 radical (unpaired) electrons. The van der Waals surface area contributed by atoms with E-state index in [9.17, 15) is 0 Å². The van der Waals surface area contributed by atoms with Gasteiger partial charge in [-0.25, -0.2) is 0 Å². The lowest BCUT2D eigenvalue weighted by Gasteiger charge is -2.13. The van der Waals surface area contributed by atoms with Crippen molar-refractivity contribution in [3.05, 3.63) is 58.1 Å². The Hall–Kier alpha value is -1.58. The summed E-state index contributed by atoms with van der Waals surface area (Å²) in [5.41, 5.74) is 8.60. The quantitative estimate of drug-likeness (QED) is 0.852. The van der Waals surface area contributed by atoms with E-state index in [1.807, 2.05) is 32.0 Å². The van der Waals surface area contributed by atoms with E-state index in [2.05, 4.69) is 0 Å². The standard InChI is InChI=1S/C15H14ClNOS/c1-9-4-3-5-13(10(9)2)18-14-7-6-11(16)8-12(14)15(17)19/h3-8H,1-2H3,(H2,17,19). The van der Waals surface area contributed by atoms with E-state index in [1.165, 1.54) is 5.56 Å². The second-order valence-electron chi connectivity index (χ2n) is 4.30. The van der Waals surface area contributed by atoms with Gasteiger partial charge in [-0.1, -0.05) is 36.0 Å². The van der Waals surface area contributed by atoms with Gasteiger partial charge in [-0.2, -0.15) is 0 Å². The van der Waals surface area contributed by atoms with Gasteiger partial charge >= 0.3 is 0 Å². The molecule has 0 aromatic heterocycles. The van der Waals surface area contributed by atoms with E-state index in [0.29, 0.717) is 16.3 Å². The fraction of sp³-hybridized carbons (Fsp3) is 0.133. The molecule has 4 heteroatoms. The van der Waals surface area contributed by atoms with Gasteiger partial charge in [-0.05, 0) is 49.2 Å². The van der Waals surface area contributed by atoms with Gasteiger partial charge in [0.15, 0.2) is 0 Å². The van der Waals surface area contributed by atoms with E-state index in [4.69, 9.17) is 34.3 Å². The minimum atomic E-state index is 0.266. The highest BCUT2D eigenvalue weighted by Crippen LogP contribution is 2.30. The summed E-state index contributed by atoms with van der Waals surface area (Å²) >= 11 is 11.0. The highest BCUT2D eigenvalue weighted by Gasteiger charge is 2.10. The topological polar surface area (TPSA) is 35.2 Å². The number of hydrogen-bond acceptors (Lipinski definition) is 2. The largest absolute Gasteiger partial charge is 0.456 e. The van der Waals surface area contributed by atoms with Gasteiger partial charge in [0, 0.05) is 5.02 Å². The molecular formula is C15H14ClNOS. The van der Waals surface area contributed by atoms with Gasteiger partial charge in [0.1, 0.15) is 16.5 Å². The van der Waals surface area contributed by atoms with E-state index >= 15 is 0 Å². The van der Waals surface area contributed by atoms with Crippen LogP contribution in [0.15, 0.2) is 36.4 Å². The molecule has 0 spiro atoms. The first-order chi connectivity index (χ1) is 8.99. The average Bonchev–Trinajstić information content (AvgIpc) is 2.36. The molecule has 2 aromatic carbocycles. The molecule has 0 aliphatic rings. The monoisotopic (exact) mass is 291 g/mol. The third kappa shape index (κ3) is 3.06. The molecule has 0 bridgehead atoms. The first-order valence-electron chi connectivity index (χ1n) is 5.82. The summed E-state index contributed by atoms with van der Waals surface area (Å²) in [5, 5.41) is 0.580. The smallest absolute Gasteiger partial charge is 0.137 e. The van der Waals surface area contributed by atoms with Gasteiger partial charge in [0.2, 0.25) is 0 Å². The molecular weight excluding hydrogens is 278 g/mol. The summed E-state index contributed by atoms with van der Waals surface area (Å²) in [6, 6.07) is 11.2. The third-order valence-corrected chi connectivity index (χ3v) is 3.44. The lowest BCUT2D eigenvalue weighted by atomic mass is 10.1. The van der Waals surface area contributed by atoms with Gasteiger partial charge in [0.25, 0.3) is 0 Å². The minimum Gasteiger partial charge on any atom is -0.456 e. The summed E-state index contributed by atoms with van der Waals surface area (Å²) < 4.78 is 5.91. The Balaban J connectivity index is 2.44. The van der Waals surface area contributed by atoms with Crippen LogP contribution in [0.1, 0.15) is 16.7 Å². The van der Waals surface area contributed by atoms with E-state index < -0.39 is 0 Å². The Bertz CT molecular complexity index is 640. The normalized spacial score (nSPS) is 10.3. The maximum Gasteiger partial charge on any atom is 0.137 e. The van der Waals surface area contributed by atoms with E-state index in [0.717, 1.165) is 11.3 Å². The van der Waals surface area contributed by atoms with Gasteiger partial charge in [-0.3, -0.25) is 0 Å². The Morgan fingerprint density at radius 3 is 2.58 bits per heavy atom. The molecule has 98 valence electrons. The lowest BCUT2D eigenvalue weighted by Crippen LogP contribution is -2.10. The summed E-state index contributed by atoms with van der Waals surface area (Å²) in [6.07, 6.45) is 0. The zero-order valence-corrected chi connectivity index (χ0v) is 12.3. The van der Waals surface area contributed by atoms with Crippen molar-refractivity contribution in [2.45, 2.75) is 13.8 Å². The Labute approximate surface area is 123 Å². The van der Waals surface area contributed by atoms with Crippen LogP contribution in [0, 0.1) is 13.8 Å². The lowest BCUT2D eigenvalue weighted by molar-refractivity contribution is 0.477. The van der Waals surface area contributed by atoms with Crippen LogP contribution in [-0.4, -0.2) is 4.99 Å². The Morgan fingerprint density at radius 2 is 1.89 bits per heavy atom. The number of thiocarbonyl (C=S) groups is 1. The van der Waals surface area contributed by atoms with Crippen LogP contribution < -0.4 is 10.5 Å². The van der Waals surface area contributed by atoms with Crippen LogP contribution in [-0.2, 0) is 0 Å². The highest BCUT2D eigenvalue weighted by atomic mass is 35.5. The molecule has 0 saturated heterocycles. The second kappa shape index (κ2) is 5.59. The maximum absolute atomic E-state index is 5.95. The van der Waals surface area contributed by atoms with Crippen molar-refractivity contribution in [2.75, 3.05) is 0 Å². The van der Waals surface area contributed by atoms with Crippen LogP contribution in [0.5, 0.6) is 11.5 Å². The van der Waals surface area contributed by atoms with Crippen molar-refractivity contribution < 1.29 is 4.74 Å². The number of benzene rings is 2. The zero-order valence-electron chi connectivity index (χ0n) is 10.7. The molecule has 2 aromatic rings. The first kappa shape index (κ1) is 13.8. The number of nitrogens with two attached hydrogens (primary N) is 1. The molecule has 0 fully saturated rings. The number of ether oxygens (including phenoxy) is 1. The van der Waals surface area contributed by atoms with Crippen molar-refractivity contribution in [3.8, 4) is 11.5 Å². The molecule has 0 saturated carbocycles. The maximum atomic E-state index is 5.95. The molecule has 0 aliphatic heterocycles. The van der Waals surface area contributed by atoms with E-state index in [1.54, 1.807) is 18.2 Å². The van der Waals surface area contributed by atoms with E-state index in [-0.39, 0.29) is 4.99 Å². The Morgan fingerprint density at radius 1 is 1.16 bits per heavy atom. The minimum absolute atomic E-state index is 0.266. The SMILES string of the molecule is Cc1cccc(Oc2ccc(Cl)cc2C(N)=S)c1C. The fourth-order valence-corrected chi connectivity index (χ4v) is 2.07. The van der Waals surface area contributed by atoms with Crippen molar-refractivity contribution in [1.29, 1.82) is 0 Å².